The van der Waals surface area contributed by atoms with Crippen LogP contribution in [0.25, 0.3) is 0 Å². The Bertz CT molecular complexity index is 892. The van der Waals surface area contributed by atoms with Crippen LogP contribution in [0.4, 0.5) is 4.39 Å². The van der Waals surface area contributed by atoms with Crippen molar-refractivity contribution in [2.45, 2.75) is 23.8 Å². The highest BCUT2D eigenvalue weighted by Gasteiger charge is 2.33. The highest BCUT2D eigenvalue weighted by molar-refractivity contribution is 7.89. The maximum atomic E-state index is 13.1. The van der Waals surface area contributed by atoms with Crippen LogP contribution < -0.4 is 14.2 Å². The largest absolute Gasteiger partial charge is 0.497 e. The molecule has 2 heterocycles. The first-order chi connectivity index (χ1) is 12.9. The van der Waals surface area contributed by atoms with Crippen LogP contribution in [0.3, 0.4) is 0 Å². The van der Waals surface area contributed by atoms with Gasteiger partial charge in [-0.1, -0.05) is 0 Å². The smallest absolute Gasteiger partial charge is 0.316 e. The molecule has 146 valence electrons. The van der Waals surface area contributed by atoms with Gasteiger partial charge in [0.2, 0.25) is 10.0 Å². The molecule has 0 saturated carbocycles. The van der Waals surface area contributed by atoms with Crippen molar-refractivity contribution in [3.63, 3.8) is 0 Å². The van der Waals surface area contributed by atoms with Crippen molar-refractivity contribution in [3.05, 3.63) is 36.4 Å². The summed E-state index contributed by atoms with van der Waals surface area (Å²) in [5.41, 5.74) is 0. The van der Waals surface area contributed by atoms with Gasteiger partial charge in [-0.15, -0.1) is 0 Å². The minimum Gasteiger partial charge on any atom is -0.497 e. The van der Waals surface area contributed by atoms with Crippen molar-refractivity contribution in [2.75, 3.05) is 27.3 Å². The molecule has 1 unspecified atom stereocenters. The van der Waals surface area contributed by atoms with Crippen molar-refractivity contribution < 1.29 is 27.0 Å². The van der Waals surface area contributed by atoms with Gasteiger partial charge in [0.15, 0.2) is 5.82 Å². The van der Waals surface area contributed by atoms with E-state index in [1.165, 1.54) is 24.6 Å². The van der Waals surface area contributed by atoms with Gasteiger partial charge in [-0.2, -0.15) is 4.31 Å². The summed E-state index contributed by atoms with van der Waals surface area (Å²) in [7, 11) is -0.946. The molecule has 2 aromatic rings. The molecule has 3 rings (SSSR count). The fourth-order valence-corrected chi connectivity index (χ4v) is 4.54. The van der Waals surface area contributed by atoms with Gasteiger partial charge in [0.25, 0.3) is 0 Å². The Balaban J connectivity index is 1.81. The molecule has 1 saturated heterocycles. The van der Waals surface area contributed by atoms with E-state index in [1.54, 1.807) is 12.1 Å². The second kappa shape index (κ2) is 8.05. The molecule has 1 aliphatic rings. The fraction of sp³-hybridized carbons (Fsp3) is 0.412. The van der Waals surface area contributed by atoms with Gasteiger partial charge < -0.3 is 14.2 Å². The number of halogens is 1. The fourth-order valence-electron chi connectivity index (χ4n) is 2.85. The van der Waals surface area contributed by atoms with Crippen molar-refractivity contribution in [3.8, 4) is 17.5 Å². The van der Waals surface area contributed by atoms with Crippen LogP contribution in [0.2, 0.25) is 0 Å². The lowest BCUT2D eigenvalue weighted by atomic mass is 10.1. The van der Waals surface area contributed by atoms with Crippen LogP contribution >= 0.6 is 0 Å². The summed E-state index contributed by atoms with van der Waals surface area (Å²) < 4.78 is 56.5. The number of hydrogen-bond donors (Lipinski definition) is 0. The molecule has 1 aliphatic heterocycles. The topological polar surface area (TPSA) is 90.9 Å². The van der Waals surface area contributed by atoms with E-state index in [0.29, 0.717) is 25.1 Å². The first-order valence-electron chi connectivity index (χ1n) is 8.30. The maximum absolute atomic E-state index is 13.1. The molecular weight excluding hydrogens is 377 g/mol. The molecule has 0 bridgehead atoms. The van der Waals surface area contributed by atoms with Crippen LogP contribution in [-0.2, 0) is 10.0 Å². The molecule has 1 aromatic carbocycles. The third kappa shape index (κ3) is 4.28. The van der Waals surface area contributed by atoms with Crippen molar-refractivity contribution in [1.29, 1.82) is 0 Å². The molecule has 1 aromatic heterocycles. The van der Waals surface area contributed by atoms with E-state index >= 15 is 0 Å². The van der Waals surface area contributed by atoms with Crippen LogP contribution in [0, 0.1) is 5.82 Å². The monoisotopic (exact) mass is 397 g/mol. The van der Waals surface area contributed by atoms with Crippen LogP contribution in [0.5, 0.6) is 17.5 Å². The summed E-state index contributed by atoms with van der Waals surface area (Å²) in [6.45, 7) is 0.482. The molecule has 10 heteroatoms. The van der Waals surface area contributed by atoms with E-state index in [9.17, 15) is 12.8 Å². The number of methoxy groups -OCH3 is 2. The molecule has 0 amide bonds. The first-order valence-corrected chi connectivity index (χ1v) is 9.74. The summed E-state index contributed by atoms with van der Waals surface area (Å²) in [4.78, 5) is 7.54. The summed E-state index contributed by atoms with van der Waals surface area (Å²) in [5.74, 6) is 0.0833. The lowest BCUT2D eigenvalue weighted by molar-refractivity contribution is 0.118. The summed E-state index contributed by atoms with van der Waals surface area (Å²) >= 11 is 0. The number of ether oxygens (including phenoxy) is 3. The average molecular weight is 397 g/mol. The number of hydrogen-bond acceptors (Lipinski definition) is 7. The number of piperidine rings is 1. The molecule has 0 radical (unpaired) electrons. The normalized spacial score (nSPS) is 18.1. The molecule has 1 atom stereocenters. The minimum absolute atomic E-state index is 0.0135. The number of benzene rings is 1. The van der Waals surface area contributed by atoms with E-state index in [4.69, 9.17) is 14.2 Å². The van der Waals surface area contributed by atoms with E-state index in [1.807, 2.05) is 0 Å². The molecule has 27 heavy (non-hydrogen) atoms. The Labute approximate surface area is 157 Å². The number of sulfonamides is 1. The molecule has 0 aliphatic carbocycles. The predicted octanol–water partition coefficient (Wildman–Crippen LogP) is 1.86. The Morgan fingerprint density at radius 1 is 1.19 bits per heavy atom. The van der Waals surface area contributed by atoms with Crippen LogP contribution in [0.15, 0.2) is 35.5 Å². The standard InChI is InChI=1S/C17H20FN3O5S/c1-24-13-5-6-15(25-2)16(8-13)27(22,23)21-7-3-4-14(11-21)26-17-19-9-12(18)10-20-17/h5-6,8-10,14H,3-4,7,11H2,1-2H3. The number of nitrogens with zero attached hydrogens (tertiary/aromatic N) is 3. The highest BCUT2D eigenvalue weighted by Crippen LogP contribution is 2.32. The van der Waals surface area contributed by atoms with E-state index in [2.05, 4.69) is 9.97 Å². The van der Waals surface area contributed by atoms with Gasteiger partial charge in [-0.25, -0.2) is 22.8 Å². The second-order valence-corrected chi connectivity index (χ2v) is 7.85. The van der Waals surface area contributed by atoms with Crippen molar-refractivity contribution in [1.82, 2.24) is 14.3 Å². The maximum Gasteiger partial charge on any atom is 0.316 e. The van der Waals surface area contributed by atoms with E-state index in [0.717, 1.165) is 12.4 Å². The Morgan fingerprint density at radius 2 is 1.93 bits per heavy atom. The quantitative estimate of drug-likeness (QED) is 0.735. The van der Waals surface area contributed by atoms with E-state index in [-0.39, 0.29) is 23.2 Å². The molecule has 0 spiro atoms. The summed E-state index contributed by atoms with van der Waals surface area (Å²) in [5, 5.41) is 0. The van der Waals surface area contributed by atoms with Crippen molar-refractivity contribution >= 4 is 10.0 Å². The summed E-state index contributed by atoms with van der Waals surface area (Å²) in [6, 6.07) is 4.63. The van der Waals surface area contributed by atoms with Gasteiger partial charge in [0, 0.05) is 12.6 Å². The lowest BCUT2D eigenvalue weighted by Crippen LogP contribution is -2.44. The number of rotatable bonds is 6. The van der Waals surface area contributed by atoms with E-state index < -0.39 is 21.9 Å². The average Bonchev–Trinajstić information content (AvgIpc) is 2.69. The molecular formula is C17H20FN3O5S. The SMILES string of the molecule is COc1ccc(OC)c(S(=O)(=O)N2CCCC(Oc3ncc(F)cn3)C2)c1. The van der Waals surface area contributed by atoms with Crippen LogP contribution in [0.1, 0.15) is 12.8 Å². The Kier molecular flexibility index (Phi) is 5.76. The minimum atomic E-state index is -3.82. The zero-order valence-electron chi connectivity index (χ0n) is 15.0. The molecule has 8 nitrogen and oxygen atoms in total. The van der Waals surface area contributed by atoms with Gasteiger partial charge in [0.05, 0.1) is 33.2 Å². The molecule has 1 fully saturated rings. The van der Waals surface area contributed by atoms with Gasteiger partial charge in [-0.05, 0) is 25.0 Å². The Morgan fingerprint density at radius 3 is 2.59 bits per heavy atom. The first kappa shape index (κ1) is 19.3. The van der Waals surface area contributed by atoms with Gasteiger partial charge >= 0.3 is 6.01 Å². The lowest BCUT2D eigenvalue weighted by Gasteiger charge is -2.31. The third-order valence-electron chi connectivity index (χ3n) is 4.20. The van der Waals surface area contributed by atoms with Crippen LogP contribution in [-0.4, -0.2) is 56.1 Å². The van der Waals surface area contributed by atoms with Gasteiger partial charge in [0.1, 0.15) is 22.5 Å². The number of aromatic nitrogens is 2. The zero-order valence-corrected chi connectivity index (χ0v) is 15.8. The molecule has 0 N–H and O–H groups in total. The van der Waals surface area contributed by atoms with Crippen molar-refractivity contribution in [2.24, 2.45) is 0 Å². The summed E-state index contributed by atoms with van der Waals surface area (Å²) in [6.07, 6.45) is 2.82. The predicted molar refractivity (Wildman–Crippen MR) is 93.9 cm³/mol. The Hall–Kier alpha value is -2.46. The third-order valence-corrected chi connectivity index (χ3v) is 6.08. The van der Waals surface area contributed by atoms with Gasteiger partial charge in [-0.3, -0.25) is 0 Å². The zero-order chi connectivity index (χ0) is 19.4. The second-order valence-electron chi connectivity index (χ2n) is 5.95. The highest BCUT2D eigenvalue weighted by atomic mass is 32.2.